The molecule has 0 aliphatic heterocycles. The molecule has 0 radical (unpaired) electrons. The second kappa shape index (κ2) is 17.9. The molecule has 0 saturated heterocycles. The highest BCUT2D eigenvalue weighted by molar-refractivity contribution is 7.85. The summed E-state index contributed by atoms with van der Waals surface area (Å²) < 4.78 is 39.7. The average Bonchev–Trinajstić information content (AvgIpc) is 2.86. The molecular weight excluding hydrogens is 487 g/mol. The van der Waals surface area contributed by atoms with Gasteiger partial charge in [0.15, 0.2) is 0 Å². The highest BCUT2D eigenvalue weighted by Crippen LogP contribution is 2.61. The van der Waals surface area contributed by atoms with E-state index in [0.717, 1.165) is 32.4 Å². The first-order valence-electron chi connectivity index (χ1n) is 12.7. The van der Waals surface area contributed by atoms with Gasteiger partial charge in [0, 0.05) is 7.26 Å². The second-order valence-corrected chi connectivity index (χ2v) is 14.7. The number of ether oxygens (including phenoxy) is 2. The average molecular weight is 534 g/mol. The van der Waals surface area contributed by atoms with Crippen LogP contribution in [0.1, 0.15) is 99.8 Å². The van der Waals surface area contributed by atoms with Crippen LogP contribution in [0.3, 0.4) is 0 Å². The molecular formula is C26H46O7PS+. The number of carbonyl (C=O) groups is 2. The Morgan fingerprint density at radius 2 is 1.03 bits per heavy atom. The van der Waals surface area contributed by atoms with Crippen LogP contribution < -0.4 is 0 Å². The zero-order valence-electron chi connectivity index (χ0n) is 22.5. The Hall–Kier alpha value is -1.50. The molecule has 1 N–H and O–H groups in total. The number of esters is 2. The molecule has 1 rings (SSSR count). The van der Waals surface area contributed by atoms with Gasteiger partial charge in [-0.3, -0.25) is 4.55 Å². The molecule has 9 heteroatoms. The van der Waals surface area contributed by atoms with Gasteiger partial charge in [-0.15, -0.1) is 0 Å². The van der Waals surface area contributed by atoms with Gasteiger partial charge in [0.1, 0.15) is 0 Å². The van der Waals surface area contributed by atoms with E-state index in [2.05, 4.69) is 37.2 Å². The summed E-state index contributed by atoms with van der Waals surface area (Å²) in [5, 5.41) is 0. The molecule has 0 aliphatic carbocycles. The van der Waals surface area contributed by atoms with Gasteiger partial charge in [-0.25, -0.2) is 9.59 Å². The molecule has 1 aromatic rings. The van der Waals surface area contributed by atoms with Gasteiger partial charge in [0.05, 0.1) is 54.9 Å². The summed E-state index contributed by atoms with van der Waals surface area (Å²) in [5.74, 6) is -1.68. The summed E-state index contributed by atoms with van der Waals surface area (Å²) in [6, 6.07) is 2.90. The predicted molar refractivity (Wildman–Crippen MR) is 145 cm³/mol. The molecule has 202 valence electrons. The number of methoxy groups -OCH3 is 2. The molecule has 0 bridgehead atoms. The van der Waals surface area contributed by atoms with Crippen LogP contribution in [0.15, 0.2) is 23.1 Å². The van der Waals surface area contributed by atoms with E-state index >= 15 is 0 Å². The summed E-state index contributed by atoms with van der Waals surface area (Å²) in [4.78, 5) is 22.0. The van der Waals surface area contributed by atoms with Crippen LogP contribution >= 0.6 is 7.26 Å². The van der Waals surface area contributed by atoms with E-state index in [-0.39, 0.29) is 11.1 Å². The zero-order valence-corrected chi connectivity index (χ0v) is 24.2. The lowest BCUT2D eigenvalue weighted by Crippen LogP contribution is -2.12. The van der Waals surface area contributed by atoms with Crippen LogP contribution in [0.2, 0.25) is 0 Å². The van der Waals surface area contributed by atoms with Crippen LogP contribution in [-0.2, 0) is 19.6 Å². The minimum Gasteiger partial charge on any atom is -0.465 e. The third kappa shape index (κ3) is 12.9. The molecule has 0 aliphatic rings. The fourth-order valence-corrected chi connectivity index (χ4v) is 9.71. The van der Waals surface area contributed by atoms with Gasteiger partial charge in [-0.05, 0) is 43.9 Å². The number of rotatable bonds is 15. The molecule has 1 aromatic carbocycles. The van der Waals surface area contributed by atoms with Crippen molar-refractivity contribution < 1.29 is 32.0 Å². The van der Waals surface area contributed by atoms with Crippen molar-refractivity contribution >= 4 is 29.3 Å². The fraction of sp³-hybridized carbons (Fsp3) is 0.692. The first-order valence-corrected chi connectivity index (χ1v) is 16.6. The van der Waals surface area contributed by atoms with E-state index < -0.39 is 34.2 Å². The smallest absolute Gasteiger partial charge is 0.337 e. The third-order valence-electron chi connectivity index (χ3n) is 5.99. The van der Waals surface area contributed by atoms with Gasteiger partial charge < -0.3 is 9.47 Å². The van der Waals surface area contributed by atoms with E-state index in [0.29, 0.717) is 0 Å². The molecule has 0 unspecified atom stereocenters. The van der Waals surface area contributed by atoms with Crippen molar-refractivity contribution in [1.82, 2.24) is 0 Å². The van der Waals surface area contributed by atoms with Crippen molar-refractivity contribution in [3.63, 3.8) is 0 Å². The van der Waals surface area contributed by atoms with Crippen LogP contribution in [-0.4, -0.2) is 63.8 Å². The van der Waals surface area contributed by atoms with Crippen molar-refractivity contribution in [2.45, 2.75) is 84.0 Å². The van der Waals surface area contributed by atoms with Crippen molar-refractivity contribution in [1.29, 1.82) is 0 Å². The maximum Gasteiger partial charge on any atom is 0.337 e. The summed E-state index contributed by atoms with van der Waals surface area (Å²) in [6.07, 6.45) is 17.9. The molecule has 35 heavy (non-hydrogen) atoms. The molecule has 0 heterocycles. The minimum atomic E-state index is -4.55. The Bertz CT molecular complexity index is 797. The van der Waals surface area contributed by atoms with Gasteiger partial charge in [0.25, 0.3) is 10.1 Å². The summed E-state index contributed by atoms with van der Waals surface area (Å²) in [7, 11) is -2.91. The molecule has 0 aromatic heterocycles. The zero-order chi connectivity index (χ0) is 26.9. The quantitative estimate of drug-likeness (QED) is 0.152. The largest absolute Gasteiger partial charge is 0.465 e. The van der Waals surface area contributed by atoms with E-state index in [9.17, 15) is 18.0 Å². The van der Waals surface area contributed by atoms with E-state index in [1.54, 1.807) is 24.6 Å². The normalized spacial score (nSPS) is 11.4. The molecule has 0 saturated carbocycles. The molecule has 0 spiro atoms. The van der Waals surface area contributed by atoms with Gasteiger partial charge in [-0.1, -0.05) is 53.4 Å². The number of unbranched alkanes of at least 4 members (excludes halogenated alkanes) is 4. The number of benzene rings is 1. The highest BCUT2D eigenvalue weighted by atomic mass is 32.2. The topological polar surface area (TPSA) is 107 Å². The van der Waals surface area contributed by atoms with Crippen LogP contribution in [0, 0.1) is 0 Å². The lowest BCUT2D eigenvalue weighted by atomic mass is 10.1. The summed E-state index contributed by atoms with van der Waals surface area (Å²) in [5.41, 5.74) is -0.374. The van der Waals surface area contributed by atoms with E-state index in [4.69, 9.17) is 4.55 Å². The van der Waals surface area contributed by atoms with Crippen LogP contribution in [0.25, 0.3) is 0 Å². The standard InChI is InChI=1S/C16H36P.C10H10O7S/c1-5-9-13-17(14-10-6-2,15-11-7-3)16-12-8-4;1-16-9(11)6-3-7(10(12)17-2)5-8(4-6)18(13,14)15/h5-16H2,1-4H3;3-5H,1-2H3,(H,13,14,15)/q+1;. The van der Waals surface area contributed by atoms with Gasteiger partial charge in [0.2, 0.25) is 0 Å². The molecule has 7 nitrogen and oxygen atoms in total. The Balaban J connectivity index is 0.000000662. The second-order valence-electron chi connectivity index (χ2n) is 8.85. The number of hydrogen-bond donors (Lipinski definition) is 1. The van der Waals surface area contributed by atoms with Crippen molar-refractivity contribution in [2.75, 3.05) is 38.9 Å². The maximum atomic E-state index is 11.3. The Kier molecular flexibility index (Phi) is 17.1. The lowest BCUT2D eigenvalue weighted by molar-refractivity contribution is 0.0598. The maximum absolute atomic E-state index is 11.3. The number of hydrogen-bond acceptors (Lipinski definition) is 6. The first kappa shape index (κ1) is 33.5. The molecule has 0 fully saturated rings. The SMILES string of the molecule is CCCC[P+](CCCC)(CCCC)CCCC.COC(=O)c1cc(C(=O)OC)cc(S(=O)(=O)O)c1. The van der Waals surface area contributed by atoms with Gasteiger partial charge >= 0.3 is 11.9 Å². The third-order valence-corrected chi connectivity index (χ3v) is 11.9. The van der Waals surface area contributed by atoms with Crippen molar-refractivity contribution in [2.24, 2.45) is 0 Å². The van der Waals surface area contributed by atoms with E-state index in [1.165, 1.54) is 51.4 Å². The van der Waals surface area contributed by atoms with Crippen molar-refractivity contribution in [3.05, 3.63) is 29.3 Å². The monoisotopic (exact) mass is 533 g/mol. The van der Waals surface area contributed by atoms with Crippen LogP contribution in [0.5, 0.6) is 0 Å². The fourth-order valence-electron chi connectivity index (χ4n) is 3.86. The molecule has 0 atom stereocenters. The molecule has 0 amide bonds. The summed E-state index contributed by atoms with van der Waals surface area (Å²) in [6.45, 7) is 9.42. The van der Waals surface area contributed by atoms with Crippen molar-refractivity contribution in [3.8, 4) is 0 Å². The van der Waals surface area contributed by atoms with E-state index in [1.807, 2.05) is 0 Å². The lowest BCUT2D eigenvalue weighted by Gasteiger charge is -2.28. The predicted octanol–water partition coefficient (Wildman–Crippen LogP) is 6.71. The van der Waals surface area contributed by atoms with Gasteiger partial charge in [-0.2, -0.15) is 8.42 Å². The first-order chi connectivity index (χ1) is 16.5. The number of carbonyl (C=O) groups excluding carboxylic acids is 2. The highest BCUT2D eigenvalue weighted by Gasteiger charge is 2.34. The minimum absolute atomic E-state index is 0.187. The Morgan fingerprint density at radius 3 is 1.26 bits per heavy atom. The Morgan fingerprint density at radius 1 is 0.714 bits per heavy atom. The van der Waals surface area contributed by atoms with Crippen LogP contribution in [0.4, 0.5) is 0 Å². The summed E-state index contributed by atoms with van der Waals surface area (Å²) >= 11 is 0. The Labute approximate surface area is 213 Å².